The van der Waals surface area contributed by atoms with Crippen LogP contribution in [-0.2, 0) is 23.8 Å². The third kappa shape index (κ3) is 10.9. The number of esters is 1. The number of carbonyl (C=O) groups excluding carboxylic acids is 2. The third-order valence-electron chi connectivity index (χ3n) is 5.93. The van der Waals surface area contributed by atoms with Crippen LogP contribution >= 0.6 is 0 Å². The SMILES string of the molecule is CC[C@H](C(=O)OC(OC(=O)NCCO/N=C(\CCCCOC)c1ccc(C)cc1)C(C)C)c1ccccc1. The van der Waals surface area contributed by atoms with Crippen molar-refractivity contribution in [3.05, 3.63) is 71.3 Å². The van der Waals surface area contributed by atoms with Crippen molar-refractivity contribution in [1.82, 2.24) is 5.32 Å². The number of hydrogen-bond donors (Lipinski definition) is 1. The minimum atomic E-state index is -1.00. The summed E-state index contributed by atoms with van der Waals surface area (Å²) in [6.45, 7) is 8.66. The zero-order chi connectivity index (χ0) is 27.8. The Kier molecular flexibility index (Phi) is 13.9. The zero-order valence-electron chi connectivity index (χ0n) is 23.3. The van der Waals surface area contributed by atoms with E-state index < -0.39 is 24.3 Å². The summed E-state index contributed by atoms with van der Waals surface area (Å²) in [6.07, 6.45) is 1.50. The number of alkyl carbamates (subject to hydrolysis) is 1. The first-order chi connectivity index (χ1) is 18.3. The van der Waals surface area contributed by atoms with E-state index >= 15 is 0 Å². The van der Waals surface area contributed by atoms with Crippen molar-refractivity contribution in [2.75, 3.05) is 26.9 Å². The van der Waals surface area contributed by atoms with Gasteiger partial charge in [0, 0.05) is 19.6 Å². The number of ether oxygens (including phenoxy) is 3. The Morgan fingerprint density at radius 1 is 0.947 bits per heavy atom. The molecular formula is C30H42N2O6. The summed E-state index contributed by atoms with van der Waals surface area (Å²) in [6, 6.07) is 17.6. The molecule has 0 spiro atoms. The second kappa shape index (κ2) is 17.2. The summed E-state index contributed by atoms with van der Waals surface area (Å²) >= 11 is 0. The molecule has 2 atom stereocenters. The fourth-order valence-corrected chi connectivity index (χ4v) is 3.71. The van der Waals surface area contributed by atoms with Crippen LogP contribution in [0.3, 0.4) is 0 Å². The minimum absolute atomic E-state index is 0.167. The molecule has 0 aliphatic rings. The first kappa shape index (κ1) is 30.8. The van der Waals surface area contributed by atoms with Crippen molar-refractivity contribution in [3.63, 3.8) is 0 Å². The number of nitrogens with one attached hydrogen (secondary N) is 1. The Morgan fingerprint density at radius 2 is 1.66 bits per heavy atom. The molecule has 0 aromatic heterocycles. The molecule has 0 heterocycles. The van der Waals surface area contributed by atoms with Gasteiger partial charge in [0.2, 0.25) is 0 Å². The summed E-state index contributed by atoms with van der Waals surface area (Å²) < 4.78 is 16.1. The van der Waals surface area contributed by atoms with Crippen molar-refractivity contribution in [1.29, 1.82) is 0 Å². The van der Waals surface area contributed by atoms with Gasteiger partial charge >= 0.3 is 12.1 Å². The summed E-state index contributed by atoms with van der Waals surface area (Å²) in [5.41, 5.74) is 3.89. The van der Waals surface area contributed by atoms with Crippen LogP contribution in [0.4, 0.5) is 4.79 Å². The molecule has 1 unspecified atom stereocenters. The Morgan fingerprint density at radius 3 is 2.29 bits per heavy atom. The maximum atomic E-state index is 12.8. The first-order valence-corrected chi connectivity index (χ1v) is 13.3. The van der Waals surface area contributed by atoms with Crippen molar-refractivity contribution in [2.24, 2.45) is 11.1 Å². The maximum Gasteiger partial charge on any atom is 0.410 e. The van der Waals surface area contributed by atoms with Gasteiger partial charge in [-0.1, -0.05) is 86.1 Å². The van der Waals surface area contributed by atoms with Crippen LogP contribution < -0.4 is 5.32 Å². The monoisotopic (exact) mass is 526 g/mol. The molecule has 0 aliphatic heterocycles. The molecule has 8 nitrogen and oxygen atoms in total. The highest BCUT2D eigenvalue weighted by molar-refractivity contribution is 6.00. The number of unbranched alkanes of at least 4 members (excludes halogenated alkanes) is 1. The zero-order valence-corrected chi connectivity index (χ0v) is 23.3. The number of amides is 1. The van der Waals surface area contributed by atoms with Crippen LogP contribution in [0.5, 0.6) is 0 Å². The topological polar surface area (TPSA) is 95.5 Å². The maximum absolute atomic E-state index is 12.8. The molecule has 1 amide bonds. The van der Waals surface area contributed by atoms with Gasteiger partial charge in [0.1, 0.15) is 6.61 Å². The fourth-order valence-electron chi connectivity index (χ4n) is 3.71. The predicted molar refractivity (Wildman–Crippen MR) is 148 cm³/mol. The van der Waals surface area contributed by atoms with E-state index in [-0.39, 0.29) is 19.1 Å². The molecule has 0 fully saturated rings. The van der Waals surface area contributed by atoms with E-state index in [0.717, 1.165) is 36.1 Å². The van der Waals surface area contributed by atoms with E-state index in [2.05, 4.69) is 10.5 Å². The van der Waals surface area contributed by atoms with Gasteiger partial charge in [-0.15, -0.1) is 0 Å². The van der Waals surface area contributed by atoms with Crippen molar-refractivity contribution in [3.8, 4) is 0 Å². The normalized spacial score (nSPS) is 13.1. The lowest BCUT2D eigenvalue weighted by Crippen LogP contribution is -2.36. The molecule has 2 aromatic carbocycles. The second-order valence-corrected chi connectivity index (χ2v) is 9.44. The molecule has 0 saturated carbocycles. The van der Waals surface area contributed by atoms with Gasteiger partial charge < -0.3 is 24.4 Å². The number of methoxy groups -OCH3 is 1. The smallest absolute Gasteiger partial charge is 0.410 e. The third-order valence-corrected chi connectivity index (χ3v) is 5.93. The average molecular weight is 527 g/mol. The highest BCUT2D eigenvalue weighted by Gasteiger charge is 2.27. The number of rotatable bonds is 16. The fraction of sp³-hybridized carbons (Fsp3) is 0.500. The van der Waals surface area contributed by atoms with Crippen molar-refractivity contribution < 1.29 is 28.6 Å². The van der Waals surface area contributed by atoms with Gasteiger partial charge in [-0.25, -0.2) is 4.79 Å². The highest BCUT2D eigenvalue weighted by Crippen LogP contribution is 2.23. The molecule has 0 saturated heterocycles. The van der Waals surface area contributed by atoms with Gasteiger partial charge in [0.25, 0.3) is 6.29 Å². The van der Waals surface area contributed by atoms with Gasteiger partial charge in [-0.2, -0.15) is 0 Å². The predicted octanol–water partition coefficient (Wildman–Crippen LogP) is 5.98. The lowest BCUT2D eigenvalue weighted by atomic mass is 9.97. The summed E-state index contributed by atoms with van der Waals surface area (Å²) in [5.74, 6) is -1.06. The molecule has 2 aromatic rings. The molecule has 0 aliphatic carbocycles. The number of aryl methyl sites for hydroxylation is 1. The molecule has 38 heavy (non-hydrogen) atoms. The Hall–Kier alpha value is -3.39. The first-order valence-electron chi connectivity index (χ1n) is 13.3. The number of oxime groups is 1. The molecule has 0 radical (unpaired) electrons. The van der Waals surface area contributed by atoms with E-state index in [1.165, 1.54) is 5.56 Å². The average Bonchev–Trinajstić information content (AvgIpc) is 2.91. The van der Waals surface area contributed by atoms with Gasteiger partial charge in [0.05, 0.1) is 18.2 Å². The van der Waals surface area contributed by atoms with E-state index in [9.17, 15) is 9.59 Å². The van der Waals surface area contributed by atoms with E-state index in [1.807, 2.05) is 82.3 Å². The van der Waals surface area contributed by atoms with E-state index in [0.29, 0.717) is 13.0 Å². The highest BCUT2D eigenvalue weighted by atomic mass is 16.7. The van der Waals surface area contributed by atoms with E-state index in [4.69, 9.17) is 19.0 Å². The number of carbonyl (C=O) groups is 2. The Balaban J connectivity index is 1.85. The van der Waals surface area contributed by atoms with Crippen LogP contribution in [0, 0.1) is 12.8 Å². The van der Waals surface area contributed by atoms with Crippen molar-refractivity contribution >= 4 is 17.8 Å². The van der Waals surface area contributed by atoms with E-state index in [1.54, 1.807) is 7.11 Å². The molecule has 1 N–H and O–H groups in total. The van der Waals surface area contributed by atoms with Gasteiger partial charge in [0.15, 0.2) is 0 Å². The Bertz CT molecular complexity index is 992. The molecule has 0 bridgehead atoms. The minimum Gasteiger partial charge on any atom is -0.424 e. The Labute approximate surface area is 226 Å². The van der Waals surface area contributed by atoms with Crippen LogP contribution in [0.2, 0.25) is 0 Å². The summed E-state index contributed by atoms with van der Waals surface area (Å²) in [7, 11) is 1.69. The molecule has 208 valence electrons. The van der Waals surface area contributed by atoms with Crippen LogP contribution in [0.25, 0.3) is 0 Å². The number of nitrogens with zero attached hydrogens (tertiary/aromatic N) is 1. The molecule has 2 rings (SSSR count). The number of hydrogen-bond acceptors (Lipinski definition) is 7. The second-order valence-electron chi connectivity index (χ2n) is 9.44. The molecule has 8 heteroatoms. The lowest BCUT2D eigenvalue weighted by Gasteiger charge is -2.24. The van der Waals surface area contributed by atoms with Gasteiger partial charge in [-0.05, 0) is 43.7 Å². The van der Waals surface area contributed by atoms with Crippen LogP contribution in [-0.4, -0.2) is 50.9 Å². The van der Waals surface area contributed by atoms with Gasteiger partial charge in [-0.3, -0.25) is 4.79 Å². The van der Waals surface area contributed by atoms with Crippen LogP contribution in [0.15, 0.2) is 59.8 Å². The largest absolute Gasteiger partial charge is 0.424 e. The molecular weight excluding hydrogens is 484 g/mol. The summed E-state index contributed by atoms with van der Waals surface area (Å²) in [5, 5.41) is 6.95. The van der Waals surface area contributed by atoms with Crippen LogP contribution in [0.1, 0.15) is 69.1 Å². The quantitative estimate of drug-likeness (QED) is 0.0951. The lowest BCUT2D eigenvalue weighted by molar-refractivity contribution is -0.176. The van der Waals surface area contributed by atoms with Crippen molar-refractivity contribution in [2.45, 2.75) is 65.6 Å². The standard InChI is InChI=1S/C30H42N2O6/c1-6-26(24-12-8-7-9-13-24)28(33)37-29(22(2)3)38-30(34)31-19-21-36-32-27(14-10-11-20-35-5)25-17-15-23(4)16-18-25/h7-9,12-13,15-18,22,26,29H,6,10-11,14,19-21H2,1-5H3,(H,31,34)/b32-27+/t26-,29?/m0/s1. The number of benzene rings is 2. The summed E-state index contributed by atoms with van der Waals surface area (Å²) in [4.78, 5) is 30.7.